The predicted molar refractivity (Wildman–Crippen MR) is 202 cm³/mol. The van der Waals surface area contributed by atoms with Crippen molar-refractivity contribution in [3.05, 3.63) is 12.2 Å². The first kappa shape index (κ1) is 34.5. The van der Waals surface area contributed by atoms with Crippen LogP contribution in [0.4, 0.5) is 0 Å². The highest BCUT2D eigenvalue weighted by molar-refractivity contribution is 5.83. The van der Waals surface area contributed by atoms with Crippen molar-refractivity contribution < 1.29 is 4.79 Å². The zero-order valence-corrected chi connectivity index (χ0v) is 32.3. The summed E-state index contributed by atoms with van der Waals surface area (Å²) >= 11 is 0. The molecule has 0 bridgehead atoms. The fourth-order valence-electron chi connectivity index (χ4n) is 17.7. The van der Waals surface area contributed by atoms with Gasteiger partial charge in [0.25, 0.3) is 0 Å². The number of allylic oxidation sites excluding steroid dienone is 1. The second-order valence-corrected chi connectivity index (χ2v) is 21.0. The van der Waals surface area contributed by atoms with Crippen LogP contribution in [0.2, 0.25) is 0 Å². The number of carbonyl (C=O) groups is 1. The van der Waals surface area contributed by atoms with Crippen LogP contribution >= 0.6 is 0 Å². The molecule has 0 aromatic carbocycles. The largest absolute Gasteiger partial charge is 0.299 e. The zero-order chi connectivity index (χ0) is 33.3. The molecule has 14 atom stereocenters. The van der Waals surface area contributed by atoms with Gasteiger partial charge in [0.2, 0.25) is 0 Å². The molecule has 9 saturated carbocycles. The van der Waals surface area contributed by atoms with Crippen molar-refractivity contribution >= 4 is 5.78 Å². The lowest BCUT2D eigenvalue weighted by molar-refractivity contribution is -0.132. The van der Waals surface area contributed by atoms with Crippen LogP contribution in [-0.2, 0) is 4.79 Å². The van der Waals surface area contributed by atoms with E-state index in [1.807, 2.05) is 0 Å². The van der Waals surface area contributed by atoms with Gasteiger partial charge in [-0.2, -0.15) is 0 Å². The van der Waals surface area contributed by atoms with Gasteiger partial charge in [-0.25, -0.2) is 0 Å². The topological polar surface area (TPSA) is 17.1 Å². The number of Topliss-reactive ketones (excluding diaryl/α,β-unsaturated/α-hetero) is 1. The summed E-state index contributed by atoms with van der Waals surface area (Å²) in [5.41, 5.74) is 4.08. The molecule has 0 aliphatic heterocycles. The Morgan fingerprint density at radius 2 is 1.48 bits per heavy atom. The first-order valence-corrected chi connectivity index (χ1v) is 22.4. The molecular weight excluding hydrogens is 581 g/mol. The van der Waals surface area contributed by atoms with E-state index < -0.39 is 0 Å². The Labute approximate surface area is 297 Å². The van der Waals surface area contributed by atoms with Gasteiger partial charge in [0.1, 0.15) is 5.78 Å². The van der Waals surface area contributed by atoms with E-state index in [0.29, 0.717) is 33.4 Å². The van der Waals surface area contributed by atoms with Crippen molar-refractivity contribution in [3.8, 4) is 0 Å². The summed E-state index contributed by atoms with van der Waals surface area (Å²) in [5, 5.41) is 0. The van der Waals surface area contributed by atoms with Crippen molar-refractivity contribution in [1.29, 1.82) is 0 Å². The molecule has 0 radical (unpaired) electrons. The molecule has 14 unspecified atom stereocenters. The minimum Gasteiger partial charge on any atom is -0.299 e. The highest BCUT2D eigenvalue weighted by Gasteiger charge is 2.62. The van der Waals surface area contributed by atoms with Crippen LogP contribution in [-0.4, -0.2) is 5.78 Å². The summed E-state index contributed by atoms with van der Waals surface area (Å²) in [6.07, 6.45) is 37.3. The number of fused-ring (bicyclic) bond motifs is 6. The van der Waals surface area contributed by atoms with E-state index in [4.69, 9.17) is 0 Å². The first-order chi connectivity index (χ1) is 23.2. The molecule has 1 heteroatoms. The lowest BCUT2D eigenvalue weighted by atomic mass is 9.43. The maximum absolute atomic E-state index is 12.8. The number of hydrogen-bond donors (Lipinski definition) is 0. The Hall–Kier alpha value is -0.590. The van der Waals surface area contributed by atoms with Crippen LogP contribution < -0.4 is 0 Å². The van der Waals surface area contributed by atoms with Crippen molar-refractivity contribution in [2.75, 3.05) is 0 Å². The van der Waals surface area contributed by atoms with Crippen molar-refractivity contribution in [2.24, 2.45) is 80.8 Å². The van der Waals surface area contributed by atoms with Gasteiger partial charge in [-0.1, -0.05) is 72.0 Å². The van der Waals surface area contributed by atoms with Gasteiger partial charge in [-0.05, 0) is 203 Å². The second kappa shape index (κ2) is 13.1. The van der Waals surface area contributed by atoms with Gasteiger partial charge < -0.3 is 0 Å². The molecule has 9 fully saturated rings. The molecule has 0 aromatic rings. The average molecular weight is 657 g/mol. The summed E-state index contributed by atoms with van der Waals surface area (Å²) in [7, 11) is 0. The highest BCUT2D eigenvalue weighted by Crippen LogP contribution is 2.71. The van der Waals surface area contributed by atoms with E-state index in [2.05, 4.69) is 34.3 Å². The Balaban J connectivity index is 0.000000140. The molecule has 48 heavy (non-hydrogen) atoms. The van der Waals surface area contributed by atoms with E-state index in [-0.39, 0.29) is 0 Å². The van der Waals surface area contributed by atoms with E-state index in [9.17, 15) is 4.79 Å². The van der Waals surface area contributed by atoms with Crippen LogP contribution in [0.3, 0.4) is 0 Å². The van der Waals surface area contributed by atoms with Crippen LogP contribution in [0, 0.1) is 80.8 Å². The van der Waals surface area contributed by atoms with Crippen LogP contribution in [0.15, 0.2) is 12.2 Å². The van der Waals surface area contributed by atoms with Gasteiger partial charge in [-0.15, -0.1) is 0 Å². The number of carbonyl (C=O) groups excluding carboxylic acids is 1. The minimum absolute atomic E-state index is 0.381. The van der Waals surface area contributed by atoms with Gasteiger partial charge in [0, 0.05) is 12.3 Å². The predicted octanol–water partition coefficient (Wildman–Crippen LogP) is 13.6. The molecule has 9 rings (SSSR count). The maximum Gasteiger partial charge on any atom is 0.136 e. The Kier molecular flexibility index (Phi) is 9.43. The lowest BCUT2D eigenvalue weighted by Gasteiger charge is -2.62. The summed E-state index contributed by atoms with van der Waals surface area (Å²) in [5.74, 6) is 9.77. The molecule has 0 amide bonds. The fraction of sp³-hybridized carbons (Fsp3) is 0.936. The second-order valence-electron chi connectivity index (χ2n) is 21.0. The monoisotopic (exact) mass is 657 g/mol. The third-order valence-corrected chi connectivity index (χ3v) is 19.3. The molecule has 9 aliphatic carbocycles. The number of rotatable bonds is 3. The molecule has 0 aromatic heterocycles. The van der Waals surface area contributed by atoms with Crippen molar-refractivity contribution in [1.82, 2.24) is 0 Å². The summed E-state index contributed by atoms with van der Waals surface area (Å²) in [6.45, 7) is 14.7. The zero-order valence-electron chi connectivity index (χ0n) is 32.3. The van der Waals surface area contributed by atoms with Gasteiger partial charge >= 0.3 is 0 Å². The third-order valence-electron chi connectivity index (χ3n) is 19.3. The Morgan fingerprint density at radius 3 is 2.31 bits per heavy atom. The summed E-state index contributed by atoms with van der Waals surface area (Å²) in [6, 6.07) is 0. The van der Waals surface area contributed by atoms with Crippen molar-refractivity contribution in [3.63, 3.8) is 0 Å². The SMILES string of the molecule is C=C1CCCC23CCC4C(CCC5CCCCC54C)C2CCC13.CCCC12CCCC(=O)C1CC(C)C2C1CCC2CCCCC2(C)C1. The molecule has 9 aliphatic rings. The van der Waals surface area contributed by atoms with Gasteiger partial charge in [0.05, 0.1) is 0 Å². The molecule has 0 heterocycles. The fourth-order valence-corrected chi connectivity index (χ4v) is 17.7. The van der Waals surface area contributed by atoms with E-state index in [1.54, 1.807) is 56.9 Å². The quantitative estimate of drug-likeness (QED) is 0.276. The molecule has 270 valence electrons. The van der Waals surface area contributed by atoms with Gasteiger partial charge in [-0.3, -0.25) is 4.79 Å². The summed E-state index contributed by atoms with van der Waals surface area (Å²) in [4.78, 5) is 12.8. The van der Waals surface area contributed by atoms with Crippen LogP contribution in [0.5, 0.6) is 0 Å². The average Bonchev–Trinajstić information content (AvgIpc) is 3.61. The number of hydrogen-bond acceptors (Lipinski definition) is 1. The third kappa shape index (κ3) is 5.35. The summed E-state index contributed by atoms with van der Waals surface area (Å²) < 4.78 is 0. The normalized spacial score (nSPS) is 52.8. The molecule has 1 spiro atoms. The Bertz CT molecular complexity index is 1200. The molecule has 1 nitrogen and oxygen atoms in total. The smallest absolute Gasteiger partial charge is 0.136 e. The minimum atomic E-state index is 0.381. The maximum atomic E-state index is 12.8. The highest BCUT2D eigenvalue weighted by atomic mass is 16.1. The molecule has 0 N–H and O–H groups in total. The van der Waals surface area contributed by atoms with E-state index in [0.717, 1.165) is 59.7 Å². The van der Waals surface area contributed by atoms with E-state index in [1.165, 1.54) is 109 Å². The Morgan fingerprint density at radius 1 is 0.708 bits per heavy atom. The first-order valence-electron chi connectivity index (χ1n) is 22.4. The standard InChI is InChI=1S/C24H40O.C23H36/c1-4-12-24-14-7-9-21(25)20(24)15-17(2)22(24)18-10-11-19-8-5-6-13-23(19,3)16-18;1-16-6-5-14-23-15-12-20-18(21(23)11-10-19(16)23)9-8-17-7-3-4-13-22(17,20)2/h17-20,22H,4-16H2,1-3H3;17-21H,1,3-15H2,2H3. The van der Waals surface area contributed by atoms with Crippen LogP contribution in [0.25, 0.3) is 0 Å². The molecule has 0 saturated heterocycles. The van der Waals surface area contributed by atoms with Gasteiger partial charge in [0.15, 0.2) is 0 Å². The lowest BCUT2D eigenvalue weighted by Crippen LogP contribution is -2.53. The molecular formula is C47H76O. The van der Waals surface area contributed by atoms with Crippen LogP contribution in [0.1, 0.15) is 195 Å². The number of ketones is 1. The van der Waals surface area contributed by atoms with Crippen molar-refractivity contribution in [2.45, 2.75) is 195 Å². The van der Waals surface area contributed by atoms with E-state index >= 15 is 0 Å².